The van der Waals surface area contributed by atoms with Crippen molar-refractivity contribution in [2.75, 3.05) is 14.1 Å². The van der Waals surface area contributed by atoms with E-state index in [4.69, 9.17) is 17.3 Å². The van der Waals surface area contributed by atoms with Gasteiger partial charge in [0.15, 0.2) is 4.77 Å². The zero-order valence-corrected chi connectivity index (χ0v) is 8.97. The average molecular weight is 215 g/mol. The molecule has 0 saturated carbocycles. The molecule has 1 heterocycles. The molecule has 0 aliphatic carbocycles. The fraction of sp³-hybridized carbons (Fsp3) is 0.500. The number of nitrogens with zero attached hydrogens (tertiary/aromatic N) is 2. The highest BCUT2D eigenvalue weighted by Crippen LogP contribution is 2.02. The Morgan fingerprint density at radius 3 is 2.86 bits per heavy atom. The Kier molecular flexibility index (Phi) is 3.43. The van der Waals surface area contributed by atoms with Crippen LogP contribution in [0.1, 0.15) is 5.69 Å². The monoisotopic (exact) mass is 215 g/mol. The number of imidazole rings is 1. The lowest BCUT2D eigenvalue weighted by molar-refractivity contribution is -0.129. The van der Waals surface area contributed by atoms with Crippen LogP contribution in [-0.2, 0) is 17.9 Å². The van der Waals surface area contributed by atoms with E-state index >= 15 is 0 Å². The van der Waals surface area contributed by atoms with Crippen LogP contribution in [0.5, 0.6) is 0 Å². The van der Waals surface area contributed by atoms with E-state index in [1.165, 1.54) is 4.90 Å². The minimum atomic E-state index is -0.131. The highest BCUT2D eigenvalue weighted by Gasteiger charge is 2.09. The largest absolute Gasteiger partial charge is 0.390 e. The van der Waals surface area contributed by atoms with E-state index in [1.807, 2.05) is 0 Å². The van der Waals surface area contributed by atoms with Gasteiger partial charge in [0.1, 0.15) is 6.54 Å². The van der Waals surface area contributed by atoms with E-state index in [1.54, 1.807) is 24.9 Å². The summed E-state index contributed by atoms with van der Waals surface area (Å²) in [7, 11) is 3.36. The predicted molar refractivity (Wildman–Crippen MR) is 54.2 cm³/mol. The molecule has 5 nitrogen and oxygen atoms in total. The van der Waals surface area contributed by atoms with Gasteiger partial charge in [-0.1, -0.05) is 0 Å². The van der Waals surface area contributed by atoms with Gasteiger partial charge in [-0.25, -0.2) is 0 Å². The van der Waals surface area contributed by atoms with Gasteiger partial charge in [0.2, 0.25) is 5.91 Å². The molecule has 14 heavy (non-hydrogen) atoms. The number of aliphatic hydroxyl groups excluding tert-OH is 1. The van der Waals surface area contributed by atoms with Gasteiger partial charge in [-0.3, -0.25) is 4.79 Å². The van der Waals surface area contributed by atoms with Gasteiger partial charge in [-0.15, -0.1) is 0 Å². The highest BCUT2D eigenvalue weighted by atomic mass is 32.1. The lowest BCUT2D eigenvalue weighted by Gasteiger charge is -2.11. The maximum Gasteiger partial charge on any atom is 0.242 e. The van der Waals surface area contributed by atoms with Crippen LogP contribution >= 0.6 is 12.2 Å². The van der Waals surface area contributed by atoms with Crippen molar-refractivity contribution in [1.29, 1.82) is 0 Å². The van der Waals surface area contributed by atoms with Crippen molar-refractivity contribution >= 4 is 18.1 Å². The van der Waals surface area contributed by atoms with E-state index in [0.29, 0.717) is 10.5 Å². The number of carbonyl (C=O) groups excluding carboxylic acids is 1. The van der Waals surface area contributed by atoms with Gasteiger partial charge in [0.05, 0.1) is 12.3 Å². The minimum Gasteiger partial charge on any atom is -0.390 e. The summed E-state index contributed by atoms with van der Waals surface area (Å²) in [6, 6.07) is 0. The first kappa shape index (κ1) is 10.9. The van der Waals surface area contributed by atoms with Gasteiger partial charge >= 0.3 is 0 Å². The summed E-state index contributed by atoms with van der Waals surface area (Å²) in [6.07, 6.45) is 1.60. The molecule has 6 heteroatoms. The Balaban J connectivity index is 2.90. The first-order chi connectivity index (χ1) is 6.56. The van der Waals surface area contributed by atoms with Crippen LogP contribution in [0, 0.1) is 4.77 Å². The molecule has 1 amide bonds. The molecular weight excluding hydrogens is 202 g/mol. The third kappa shape index (κ3) is 2.21. The number of aromatic amines is 1. The Morgan fingerprint density at radius 1 is 1.71 bits per heavy atom. The standard InChI is InChI=1S/C8H13N3O2S/c1-10(2)7(13)4-11-6(5-12)3-9-8(11)14/h3,12H,4-5H2,1-2H3,(H,9,14). The van der Waals surface area contributed by atoms with E-state index in [-0.39, 0.29) is 19.1 Å². The third-order valence-corrected chi connectivity index (χ3v) is 2.25. The van der Waals surface area contributed by atoms with Crippen LogP contribution in [-0.4, -0.2) is 39.6 Å². The van der Waals surface area contributed by atoms with E-state index in [2.05, 4.69) is 4.98 Å². The fourth-order valence-corrected chi connectivity index (χ4v) is 1.25. The molecule has 0 aromatic carbocycles. The number of nitrogens with one attached hydrogen (secondary N) is 1. The number of hydrogen-bond donors (Lipinski definition) is 2. The van der Waals surface area contributed by atoms with Gasteiger partial charge < -0.3 is 19.6 Å². The Labute approximate surface area is 87.0 Å². The SMILES string of the molecule is CN(C)C(=O)Cn1c(CO)c[nH]c1=S. The first-order valence-electron chi connectivity index (χ1n) is 4.14. The second kappa shape index (κ2) is 4.39. The maximum absolute atomic E-state index is 11.4. The van der Waals surface area contributed by atoms with Crippen molar-refractivity contribution in [2.45, 2.75) is 13.2 Å². The fourth-order valence-electron chi connectivity index (χ4n) is 1.01. The lowest BCUT2D eigenvalue weighted by Crippen LogP contribution is -2.27. The number of aromatic nitrogens is 2. The van der Waals surface area contributed by atoms with Crippen LogP contribution in [0.4, 0.5) is 0 Å². The molecule has 2 N–H and O–H groups in total. The second-order valence-corrected chi connectivity index (χ2v) is 3.50. The predicted octanol–water partition coefficient (Wildman–Crippen LogP) is 0.126. The van der Waals surface area contributed by atoms with Crippen molar-refractivity contribution in [2.24, 2.45) is 0 Å². The molecule has 0 fully saturated rings. The average Bonchev–Trinajstić information content (AvgIpc) is 2.47. The third-order valence-electron chi connectivity index (χ3n) is 1.91. The number of H-pyrrole nitrogens is 1. The van der Waals surface area contributed by atoms with Gasteiger partial charge in [0, 0.05) is 20.3 Å². The molecule has 0 spiro atoms. The Bertz CT molecular complexity index is 380. The van der Waals surface area contributed by atoms with E-state index in [0.717, 1.165) is 0 Å². The minimum absolute atomic E-state index is 0.0598. The van der Waals surface area contributed by atoms with Crippen molar-refractivity contribution in [3.05, 3.63) is 16.7 Å². The highest BCUT2D eigenvalue weighted by molar-refractivity contribution is 7.71. The molecule has 78 valence electrons. The van der Waals surface area contributed by atoms with Crippen molar-refractivity contribution < 1.29 is 9.90 Å². The summed E-state index contributed by atoms with van der Waals surface area (Å²) in [4.78, 5) is 15.7. The van der Waals surface area contributed by atoms with Crippen molar-refractivity contribution in [1.82, 2.24) is 14.5 Å². The number of amides is 1. The molecule has 1 aromatic rings. The van der Waals surface area contributed by atoms with Gasteiger partial charge in [0.25, 0.3) is 0 Å². The molecule has 0 aliphatic rings. The van der Waals surface area contributed by atoms with Crippen LogP contribution in [0.2, 0.25) is 0 Å². The lowest BCUT2D eigenvalue weighted by atomic mass is 10.4. The molecule has 0 aliphatic heterocycles. The van der Waals surface area contributed by atoms with Gasteiger partial charge in [-0.2, -0.15) is 0 Å². The Hall–Kier alpha value is -1.14. The molecule has 0 bridgehead atoms. The normalized spacial score (nSPS) is 10.2. The second-order valence-electron chi connectivity index (χ2n) is 3.12. The number of likely N-dealkylation sites (N-methyl/N-ethyl adjacent to an activating group) is 1. The van der Waals surface area contributed by atoms with E-state index in [9.17, 15) is 4.79 Å². The quantitative estimate of drug-likeness (QED) is 0.704. The summed E-state index contributed by atoms with van der Waals surface area (Å²) in [5.74, 6) is -0.0598. The van der Waals surface area contributed by atoms with Crippen molar-refractivity contribution in [3.8, 4) is 0 Å². The molecule has 0 atom stereocenters. The number of hydrogen-bond acceptors (Lipinski definition) is 3. The molecule has 0 saturated heterocycles. The number of aliphatic hydroxyl groups is 1. The molecule has 1 rings (SSSR count). The molecule has 0 unspecified atom stereocenters. The summed E-state index contributed by atoms with van der Waals surface area (Å²) in [5.41, 5.74) is 0.616. The van der Waals surface area contributed by atoms with Crippen LogP contribution in [0.3, 0.4) is 0 Å². The van der Waals surface area contributed by atoms with Crippen LogP contribution in [0.15, 0.2) is 6.20 Å². The topological polar surface area (TPSA) is 61.3 Å². The number of carbonyl (C=O) groups is 1. The zero-order valence-electron chi connectivity index (χ0n) is 8.15. The Morgan fingerprint density at radius 2 is 2.36 bits per heavy atom. The van der Waals surface area contributed by atoms with Crippen LogP contribution < -0.4 is 0 Å². The van der Waals surface area contributed by atoms with Crippen molar-refractivity contribution in [3.63, 3.8) is 0 Å². The summed E-state index contributed by atoms with van der Waals surface area (Å²) < 4.78 is 2.03. The summed E-state index contributed by atoms with van der Waals surface area (Å²) in [5, 5.41) is 8.97. The molecular formula is C8H13N3O2S. The van der Waals surface area contributed by atoms with Gasteiger partial charge in [-0.05, 0) is 12.2 Å². The molecule has 0 radical (unpaired) electrons. The maximum atomic E-state index is 11.4. The molecule has 1 aromatic heterocycles. The zero-order chi connectivity index (χ0) is 10.7. The van der Waals surface area contributed by atoms with Crippen LogP contribution in [0.25, 0.3) is 0 Å². The first-order valence-corrected chi connectivity index (χ1v) is 4.55. The summed E-state index contributed by atoms with van der Waals surface area (Å²) in [6.45, 7) is 0.0269. The summed E-state index contributed by atoms with van der Waals surface area (Å²) >= 11 is 4.97. The number of rotatable bonds is 3. The smallest absolute Gasteiger partial charge is 0.242 e. The van der Waals surface area contributed by atoms with E-state index < -0.39 is 0 Å².